The first-order chi connectivity index (χ1) is 15.8. The van der Waals surface area contributed by atoms with Gasteiger partial charge in [-0.2, -0.15) is 0 Å². The van der Waals surface area contributed by atoms with Gasteiger partial charge in [-0.15, -0.1) is 21.5 Å². The monoisotopic (exact) mass is 474 g/mol. The Morgan fingerprint density at radius 3 is 2.79 bits per heavy atom. The van der Waals surface area contributed by atoms with Crippen LogP contribution < -0.4 is 21.9 Å². The molecule has 0 saturated carbocycles. The number of alkyl halides is 2. The number of fused-ring (bicyclic) bond motifs is 1. The van der Waals surface area contributed by atoms with E-state index in [4.69, 9.17) is 16.0 Å². The summed E-state index contributed by atoms with van der Waals surface area (Å²) in [4.78, 5) is 19.4. The van der Waals surface area contributed by atoms with E-state index in [2.05, 4.69) is 20.5 Å². The lowest BCUT2D eigenvalue weighted by atomic mass is 10.2. The van der Waals surface area contributed by atoms with Crippen LogP contribution in [0.15, 0.2) is 53.3 Å². The Morgan fingerprint density at radius 2 is 2.18 bits per heavy atom. The Morgan fingerprint density at radius 1 is 1.39 bits per heavy atom. The number of amides is 1. The number of aryl methyl sites for hydroxylation is 1. The lowest BCUT2D eigenvalue weighted by Crippen LogP contribution is -2.35. The van der Waals surface area contributed by atoms with Gasteiger partial charge < -0.3 is 15.5 Å². The molecule has 1 unspecified atom stereocenters. The summed E-state index contributed by atoms with van der Waals surface area (Å²) >= 11 is 1.53. The third-order valence-corrected chi connectivity index (χ3v) is 5.89. The Hall–Kier alpha value is -3.84. The molecule has 0 saturated heterocycles. The van der Waals surface area contributed by atoms with Gasteiger partial charge in [-0.25, -0.2) is 19.6 Å². The summed E-state index contributed by atoms with van der Waals surface area (Å²) in [5, 5.41) is 10.8. The van der Waals surface area contributed by atoms with Crippen LogP contribution in [-0.2, 0) is 0 Å². The molecule has 1 amide bonds. The number of carbonyl (C=O) groups is 1. The normalized spacial score (nSPS) is 13.0. The number of hydrazine groups is 1. The van der Waals surface area contributed by atoms with Crippen molar-refractivity contribution in [1.82, 2.24) is 24.9 Å². The fourth-order valence-corrected chi connectivity index (χ4v) is 4.11. The average Bonchev–Trinajstić information content (AvgIpc) is 3.53. The van der Waals surface area contributed by atoms with E-state index in [9.17, 15) is 13.6 Å². The van der Waals surface area contributed by atoms with Crippen LogP contribution in [-0.4, -0.2) is 31.9 Å². The van der Waals surface area contributed by atoms with Crippen molar-refractivity contribution < 1.29 is 18.0 Å². The Labute approximate surface area is 190 Å². The minimum Gasteiger partial charge on any atom is -0.426 e. The molecular formula is C20H20F2N8O2S. The zero-order valence-corrected chi connectivity index (χ0v) is 18.4. The highest BCUT2D eigenvalue weighted by Crippen LogP contribution is 2.33. The van der Waals surface area contributed by atoms with Crippen LogP contribution in [0.2, 0.25) is 0 Å². The SMILES string of the molecule is Cc1ccc(-c2cnc3c(N(N)/C(=C\N)C(F)F)cc(C(=O)NC(C)c4nnco4)cn23)s1. The van der Waals surface area contributed by atoms with E-state index >= 15 is 0 Å². The average molecular weight is 474 g/mol. The minimum atomic E-state index is -2.94. The molecule has 172 valence electrons. The number of nitrogens with zero attached hydrogens (tertiary/aromatic N) is 5. The zero-order chi connectivity index (χ0) is 23.7. The Balaban J connectivity index is 1.83. The molecule has 10 nitrogen and oxygen atoms in total. The molecular weight excluding hydrogens is 454 g/mol. The summed E-state index contributed by atoms with van der Waals surface area (Å²) < 4.78 is 33.7. The summed E-state index contributed by atoms with van der Waals surface area (Å²) in [5.74, 6) is 5.72. The van der Waals surface area contributed by atoms with E-state index in [1.165, 1.54) is 17.4 Å². The second-order valence-electron chi connectivity index (χ2n) is 7.10. The number of nitrogens with one attached hydrogen (secondary N) is 1. The maximum atomic E-state index is 13.5. The van der Waals surface area contributed by atoms with Crippen LogP contribution in [0.1, 0.15) is 34.1 Å². The van der Waals surface area contributed by atoms with Gasteiger partial charge in [-0.05, 0) is 32.0 Å². The van der Waals surface area contributed by atoms with Crippen molar-refractivity contribution in [2.45, 2.75) is 26.3 Å². The molecule has 0 aromatic carbocycles. The van der Waals surface area contributed by atoms with Crippen LogP contribution in [0.5, 0.6) is 0 Å². The highest BCUT2D eigenvalue weighted by atomic mass is 32.1. The second kappa shape index (κ2) is 8.96. The van der Waals surface area contributed by atoms with Gasteiger partial charge in [0, 0.05) is 17.3 Å². The van der Waals surface area contributed by atoms with E-state index in [-0.39, 0.29) is 22.8 Å². The first-order valence-corrected chi connectivity index (χ1v) is 10.5. The van der Waals surface area contributed by atoms with Gasteiger partial charge in [0.15, 0.2) is 5.65 Å². The zero-order valence-electron chi connectivity index (χ0n) is 17.6. The Kier molecular flexibility index (Phi) is 6.07. The number of hydrogen-bond acceptors (Lipinski definition) is 9. The molecule has 33 heavy (non-hydrogen) atoms. The molecule has 0 radical (unpaired) electrons. The van der Waals surface area contributed by atoms with Gasteiger partial charge in [-0.1, -0.05) is 0 Å². The number of aromatic nitrogens is 4. The van der Waals surface area contributed by atoms with Crippen LogP contribution in [0.3, 0.4) is 0 Å². The van der Waals surface area contributed by atoms with Gasteiger partial charge in [-0.3, -0.25) is 14.2 Å². The van der Waals surface area contributed by atoms with Gasteiger partial charge in [0.25, 0.3) is 12.3 Å². The summed E-state index contributed by atoms with van der Waals surface area (Å²) in [5.41, 5.74) is 5.92. The number of allylic oxidation sites excluding steroid dienone is 1. The molecule has 5 N–H and O–H groups in total. The fraction of sp³-hybridized carbons (Fsp3) is 0.200. The number of hydrogen-bond donors (Lipinski definition) is 3. The maximum Gasteiger partial charge on any atom is 0.281 e. The molecule has 4 rings (SSSR count). The highest BCUT2D eigenvalue weighted by molar-refractivity contribution is 7.15. The predicted molar refractivity (Wildman–Crippen MR) is 118 cm³/mol. The third-order valence-electron chi connectivity index (χ3n) is 4.87. The summed E-state index contributed by atoms with van der Waals surface area (Å²) in [6.07, 6.45) is 2.09. The number of imidazole rings is 1. The molecule has 4 heterocycles. The second-order valence-corrected chi connectivity index (χ2v) is 8.38. The molecule has 4 aromatic heterocycles. The molecule has 0 aliphatic heterocycles. The smallest absolute Gasteiger partial charge is 0.281 e. The molecule has 0 fully saturated rings. The first kappa shape index (κ1) is 22.4. The number of pyridine rings is 1. The van der Waals surface area contributed by atoms with E-state index in [0.29, 0.717) is 5.69 Å². The van der Waals surface area contributed by atoms with Crippen LogP contribution in [0.4, 0.5) is 14.5 Å². The molecule has 4 aromatic rings. The van der Waals surface area contributed by atoms with Crippen LogP contribution >= 0.6 is 11.3 Å². The van der Waals surface area contributed by atoms with Crippen molar-refractivity contribution in [2.75, 3.05) is 5.01 Å². The number of halogens is 2. The minimum absolute atomic E-state index is 0.0737. The third kappa shape index (κ3) is 4.27. The van der Waals surface area contributed by atoms with E-state index in [1.807, 2.05) is 19.1 Å². The van der Waals surface area contributed by atoms with Crippen molar-refractivity contribution in [3.63, 3.8) is 0 Å². The van der Waals surface area contributed by atoms with Crippen molar-refractivity contribution >= 4 is 28.6 Å². The fourth-order valence-electron chi connectivity index (χ4n) is 3.23. The molecule has 13 heteroatoms. The number of anilines is 1. The highest BCUT2D eigenvalue weighted by Gasteiger charge is 2.24. The van der Waals surface area contributed by atoms with Crippen molar-refractivity contribution in [3.8, 4) is 10.6 Å². The Bertz CT molecular complexity index is 1320. The predicted octanol–water partition coefficient (Wildman–Crippen LogP) is 2.99. The molecule has 1 atom stereocenters. The molecule has 0 bridgehead atoms. The van der Waals surface area contributed by atoms with Crippen LogP contribution in [0, 0.1) is 6.92 Å². The summed E-state index contributed by atoms with van der Waals surface area (Å²) in [6.45, 7) is 3.63. The maximum absolute atomic E-state index is 13.5. The molecule has 0 spiro atoms. The van der Waals surface area contributed by atoms with Crippen molar-refractivity contribution in [2.24, 2.45) is 11.6 Å². The van der Waals surface area contributed by atoms with Crippen LogP contribution in [0.25, 0.3) is 16.2 Å². The van der Waals surface area contributed by atoms with E-state index in [1.54, 1.807) is 23.7 Å². The number of thiophene rings is 1. The largest absolute Gasteiger partial charge is 0.426 e. The number of nitrogens with two attached hydrogens (primary N) is 2. The lowest BCUT2D eigenvalue weighted by molar-refractivity contribution is 0.0933. The van der Waals surface area contributed by atoms with Crippen molar-refractivity contribution in [1.29, 1.82) is 0 Å². The van der Waals surface area contributed by atoms with Gasteiger partial charge >= 0.3 is 0 Å². The number of rotatable bonds is 7. The summed E-state index contributed by atoms with van der Waals surface area (Å²) in [7, 11) is 0. The first-order valence-electron chi connectivity index (χ1n) is 9.69. The van der Waals surface area contributed by atoms with Gasteiger partial charge in [0.2, 0.25) is 12.3 Å². The van der Waals surface area contributed by atoms with E-state index < -0.39 is 24.1 Å². The lowest BCUT2D eigenvalue weighted by Gasteiger charge is -2.22. The number of carbonyl (C=O) groups excluding carboxylic acids is 1. The standard InChI is InChI=1S/C20H20F2N8O2S/c1-10-3-4-16(33-10)15-7-25-18-13(30(24)14(6-23)17(21)22)5-12(8-29(15)18)19(31)27-11(2)20-28-26-9-32-20/h3-9,11,17H,23-24H2,1-2H3,(H,27,31)/b14-6-. The van der Waals surface area contributed by atoms with Gasteiger partial charge in [0.05, 0.1) is 22.3 Å². The quantitative estimate of drug-likeness (QED) is 0.274. The molecule has 0 aliphatic carbocycles. The van der Waals surface area contributed by atoms with Gasteiger partial charge in [0.1, 0.15) is 17.4 Å². The van der Waals surface area contributed by atoms with Crippen molar-refractivity contribution in [3.05, 3.63) is 65.2 Å². The topological polar surface area (TPSA) is 141 Å². The van der Waals surface area contributed by atoms with E-state index in [0.717, 1.165) is 27.4 Å². The molecule has 0 aliphatic rings. The summed E-state index contributed by atoms with van der Waals surface area (Å²) in [6, 6.07) is 4.64.